The Bertz CT molecular complexity index is 1340. The molecule has 10 nitrogen and oxygen atoms in total. The maximum Gasteiger partial charge on any atom is 0.313 e. The third-order valence-electron chi connectivity index (χ3n) is 5.57. The van der Waals surface area contributed by atoms with Crippen LogP contribution in [0.15, 0.2) is 60.9 Å². The van der Waals surface area contributed by atoms with Crippen molar-refractivity contribution in [3.63, 3.8) is 0 Å². The van der Waals surface area contributed by atoms with Crippen molar-refractivity contribution in [3.8, 4) is 11.4 Å². The van der Waals surface area contributed by atoms with E-state index in [1.54, 1.807) is 59.0 Å². The summed E-state index contributed by atoms with van der Waals surface area (Å²) in [6, 6.07) is 12.2. The molecule has 2 N–H and O–H groups in total. The minimum Gasteiger partial charge on any atom is -0.336 e. The average molecular weight is 460 g/mol. The second-order valence-corrected chi connectivity index (χ2v) is 8.07. The summed E-state index contributed by atoms with van der Waals surface area (Å²) in [4.78, 5) is 29.6. The number of carbonyl (C=O) groups is 2. The zero-order valence-electron chi connectivity index (χ0n) is 18.2. The van der Waals surface area contributed by atoms with Crippen molar-refractivity contribution < 1.29 is 14.0 Å². The summed E-state index contributed by atoms with van der Waals surface area (Å²) >= 11 is 0. The van der Waals surface area contributed by atoms with E-state index in [0.717, 1.165) is 18.4 Å². The van der Waals surface area contributed by atoms with Gasteiger partial charge in [0.2, 0.25) is 0 Å². The Kier molecular flexibility index (Phi) is 5.58. The Hall–Kier alpha value is -4.41. The molecule has 5 rings (SSSR count). The standard InChI is InChI=1S/C23H21FN8O2/c1-31-12-11-25-21(31)19(15-3-2-4-16(24)13-15)27-23(34)22(33)26-17-7-5-14(6-8-17)20-28-29-30-32(20)18-9-10-18/h2-8,11-13,18-19H,9-10H2,1H3,(H,26,33)(H,27,34). The fourth-order valence-electron chi connectivity index (χ4n) is 3.67. The Labute approximate surface area is 193 Å². The molecule has 1 aliphatic rings. The summed E-state index contributed by atoms with van der Waals surface area (Å²) in [5.41, 5.74) is 1.71. The largest absolute Gasteiger partial charge is 0.336 e. The van der Waals surface area contributed by atoms with Crippen molar-refractivity contribution in [3.05, 3.63) is 78.1 Å². The topological polar surface area (TPSA) is 120 Å². The molecule has 172 valence electrons. The molecule has 0 spiro atoms. The zero-order chi connectivity index (χ0) is 23.7. The number of hydrogen-bond acceptors (Lipinski definition) is 6. The van der Waals surface area contributed by atoms with Crippen LogP contribution in [0.25, 0.3) is 11.4 Å². The van der Waals surface area contributed by atoms with Crippen LogP contribution in [0, 0.1) is 5.82 Å². The molecule has 0 aliphatic heterocycles. The monoisotopic (exact) mass is 460 g/mol. The number of aromatic nitrogens is 6. The van der Waals surface area contributed by atoms with Crippen LogP contribution in [0.1, 0.15) is 36.3 Å². The molecule has 0 bridgehead atoms. The van der Waals surface area contributed by atoms with Crippen molar-refractivity contribution in [1.29, 1.82) is 0 Å². The van der Waals surface area contributed by atoms with E-state index in [9.17, 15) is 14.0 Å². The highest BCUT2D eigenvalue weighted by molar-refractivity contribution is 6.39. The van der Waals surface area contributed by atoms with Crippen LogP contribution >= 0.6 is 0 Å². The van der Waals surface area contributed by atoms with Gasteiger partial charge in [-0.15, -0.1) is 5.10 Å². The molecule has 34 heavy (non-hydrogen) atoms. The molecule has 2 amide bonds. The van der Waals surface area contributed by atoms with E-state index in [2.05, 4.69) is 31.1 Å². The van der Waals surface area contributed by atoms with Crippen molar-refractivity contribution in [1.82, 2.24) is 35.1 Å². The van der Waals surface area contributed by atoms with Gasteiger partial charge in [-0.3, -0.25) is 9.59 Å². The highest BCUT2D eigenvalue weighted by Gasteiger charge is 2.28. The van der Waals surface area contributed by atoms with Gasteiger partial charge in [-0.1, -0.05) is 12.1 Å². The van der Waals surface area contributed by atoms with Crippen LogP contribution in [0.4, 0.5) is 10.1 Å². The van der Waals surface area contributed by atoms with Crippen molar-refractivity contribution >= 4 is 17.5 Å². The predicted octanol–water partition coefficient (Wildman–Crippen LogP) is 2.39. The summed E-state index contributed by atoms with van der Waals surface area (Å²) in [6.07, 6.45) is 5.37. The van der Waals surface area contributed by atoms with Gasteiger partial charge >= 0.3 is 11.8 Å². The smallest absolute Gasteiger partial charge is 0.313 e. The van der Waals surface area contributed by atoms with Crippen LogP contribution in [-0.4, -0.2) is 41.6 Å². The summed E-state index contributed by atoms with van der Waals surface area (Å²) in [7, 11) is 1.75. The van der Waals surface area contributed by atoms with Crippen molar-refractivity contribution in [2.45, 2.75) is 24.9 Å². The summed E-state index contributed by atoms with van der Waals surface area (Å²) < 4.78 is 17.3. The molecule has 4 aromatic rings. The van der Waals surface area contributed by atoms with E-state index in [1.807, 2.05) is 0 Å². The molecule has 1 fully saturated rings. The Morgan fingerprint density at radius 3 is 2.59 bits per heavy atom. The average Bonchev–Trinajstić information content (AvgIpc) is 3.40. The van der Waals surface area contributed by atoms with Gasteiger partial charge in [-0.2, -0.15) is 0 Å². The van der Waals surface area contributed by atoms with E-state index < -0.39 is 23.7 Å². The second kappa shape index (κ2) is 8.85. The number of amides is 2. The molecule has 1 aliphatic carbocycles. The molecule has 2 aromatic carbocycles. The van der Waals surface area contributed by atoms with E-state index >= 15 is 0 Å². The van der Waals surface area contributed by atoms with Crippen LogP contribution in [0.5, 0.6) is 0 Å². The van der Waals surface area contributed by atoms with E-state index in [4.69, 9.17) is 0 Å². The van der Waals surface area contributed by atoms with Crippen molar-refractivity contribution in [2.24, 2.45) is 7.05 Å². The van der Waals surface area contributed by atoms with Gasteiger partial charge in [0.25, 0.3) is 0 Å². The number of benzene rings is 2. The van der Waals surface area contributed by atoms with Crippen LogP contribution in [-0.2, 0) is 16.6 Å². The second-order valence-electron chi connectivity index (χ2n) is 8.07. The highest BCUT2D eigenvalue weighted by Crippen LogP contribution is 2.36. The first-order valence-electron chi connectivity index (χ1n) is 10.7. The molecule has 2 heterocycles. The van der Waals surface area contributed by atoms with Crippen LogP contribution in [0.2, 0.25) is 0 Å². The number of nitrogens with one attached hydrogen (secondary N) is 2. The van der Waals surface area contributed by atoms with Crippen molar-refractivity contribution in [2.75, 3.05) is 5.32 Å². The van der Waals surface area contributed by atoms with E-state index in [0.29, 0.717) is 28.9 Å². The van der Waals surface area contributed by atoms with Crippen LogP contribution in [0.3, 0.4) is 0 Å². The first-order chi connectivity index (χ1) is 16.5. The lowest BCUT2D eigenvalue weighted by Gasteiger charge is -2.19. The Morgan fingerprint density at radius 1 is 1.12 bits per heavy atom. The minimum atomic E-state index is -0.876. The number of tetrazole rings is 1. The molecule has 2 aromatic heterocycles. The lowest BCUT2D eigenvalue weighted by molar-refractivity contribution is -0.136. The molecule has 1 saturated carbocycles. The number of halogens is 1. The predicted molar refractivity (Wildman–Crippen MR) is 120 cm³/mol. The number of hydrogen-bond donors (Lipinski definition) is 2. The van der Waals surface area contributed by atoms with Gasteiger partial charge in [0.1, 0.15) is 17.7 Å². The maximum atomic E-state index is 13.8. The first-order valence-corrected chi connectivity index (χ1v) is 10.7. The Balaban J connectivity index is 1.30. The van der Waals surface area contributed by atoms with Crippen LogP contribution < -0.4 is 10.6 Å². The van der Waals surface area contributed by atoms with Gasteiger partial charge < -0.3 is 15.2 Å². The van der Waals surface area contributed by atoms with Gasteiger partial charge in [0, 0.05) is 30.7 Å². The fraction of sp³-hybridized carbons (Fsp3) is 0.217. The molecule has 11 heteroatoms. The van der Waals surface area contributed by atoms with E-state index in [1.165, 1.54) is 18.2 Å². The molecule has 0 radical (unpaired) electrons. The number of nitrogens with zero attached hydrogens (tertiary/aromatic N) is 6. The SMILES string of the molecule is Cn1ccnc1C(NC(=O)C(=O)Nc1ccc(-c2nnnn2C2CC2)cc1)c1cccc(F)c1. The lowest BCUT2D eigenvalue weighted by atomic mass is 10.1. The normalized spacial score (nSPS) is 13.9. The van der Waals surface area contributed by atoms with E-state index in [-0.39, 0.29) is 0 Å². The third kappa shape index (κ3) is 4.40. The molecular weight excluding hydrogens is 439 g/mol. The lowest BCUT2D eigenvalue weighted by Crippen LogP contribution is -2.39. The molecule has 1 unspecified atom stereocenters. The zero-order valence-corrected chi connectivity index (χ0v) is 18.2. The van der Waals surface area contributed by atoms with Gasteiger partial charge in [-0.05, 0) is 65.2 Å². The summed E-state index contributed by atoms with van der Waals surface area (Å²) in [5.74, 6) is -1.07. The number of rotatable bonds is 6. The maximum absolute atomic E-state index is 13.8. The Morgan fingerprint density at radius 2 is 1.91 bits per heavy atom. The van der Waals surface area contributed by atoms with Gasteiger partial charge in [-0.25, -0.2) is 14.1 Å². The number of imidazole rings is 1. The van der Waals surface area contributed by atoms with Gasteiger partial charge in [0.15, 0.2) is 5.82 Å². The molecule has 1 atom stereocenters. The first kappa shape index (κ1) is 21.4. The third-order valence-corrected chi connectivity index (χ3v) is 5.57. The minimum absolute atomic E-state index is 0.331. The fourth-order valence-corrected chi connectivity index (χ4v) is 3.67. The molecule has 0 saturated heterocycles. The number of aryl methyl sites for hydroxylation is 1. The summed E-state index contributed by atoms with van der Waals surface area (Å²) in [5, 5.41) is 17.1. The quantitative estimate of drug-likeness (QED) is 0.427. The number of anilines is 1. The molecular formula is C23H21FN8O2. The number of carbonyl (C=O) groups excluding carboxylic acids is 2. The summed E-state index contributed by atoms with van der Waals surface area (Å²) in [6.45, 7) is 0. The van der Waals surface area contributed by atoms with Gasteiger partial charge in [0.05, 0.1) is 6.04 Å². The highest BCUT2D eigenvalue weighted by atomic mass is 19.1.